The molecule has 0 spiro atoms. The van der Waals surface area contributed by atoms with E-state index in [9.17, 15) is 9.59 Å². The quantitative estimate of drug-likeness (QED) is 0.803. The molecule has 7 nitrogen and oxygen atoms in total. The number of hydrogen-bond acceptors (Lipinski definition) is 5. The van der Waals surface area contributed by atoms with E-state index in [4.69, 9.17) is 0 Å². The van der Waals surface area contributed by atoms with Crippen LogP contribution in [0.4, 0.5) is 0 Å². The van der Waals surface area contributed by atoms with Gasteiger partial charge in [0, 0.05) is 31.9 Å². The number of amides is 2. The van der Waals surface area contributed by atoms with Gasteiger partial charge in [0.05, 0.1) is 17.9 Å². The first-order valence-corrected chi connectivity index (χ1v) is 9.12. The van der Waals surface area contributed by atoms with E-state index in [0.29, 0.717) is 31.7 Å². The molecule has 1 fully saturated rings. The van der Waals surface area contributed by atoms with Gasteiger partial charge in [-0.15, -0.1) is 0 Å². The highest BCUT2D eigenvalue weighted by Crippen LogP contribution is 2.20. The van der Waals surface area contributed by atoms with Crippen molar-refractivity contribution in [3.05, 3.63) is 23.8 Å². The second-order valence-electron chi connectivity index (χ2n) is 6.47. The van der Waals surface area contributed by atoms with Crippen LogP contribution in [0.3, 0.4) is 0 Å². The van der Waals surface area contributed by atoms with Crippen LogP contribution in [-0.4, -0.2) is 69.8 Å². The van der Waals surface area contributed by atoms with Gasteiger partial charge in [0.15, 0.2) is 0 Å². The number of carbonyl (C=O) groups excluding carboxylic acids is 2. The lowest BCUT2D eigenvalue weighted by molar-refractivity contribution is -0.135. The van der Waals surface area contributed by atoms with E-state index >= 15 is 0 Å². The van der Waals surface area contributed by atoms with Crippen molar-refractivity contribution in [1.29, 1.82) is 0 Å². The molecule has 1 aliphatic heterocycles. The summed E-state index contributed by atoms with van der Waals surface area (Å²) in [7, 11) is 0. The molecule has 0 saturated carbocycles. The van der Waals surface area contributed by atoms with Gasteiger partial charge in [-0.2, -0.15) is 0 Å². The zero-order valence-corrected chi connectivity index (χ0v) is 15.7. The molecule has 138 valence electrons. The monoisotopic (exact) mass is 347 g/mol. The molecule has 1 saturated heterocycles. The zero-order chi connectivity index (χ0) is 18.4. The fourth-order valence-electron chi connectivity index (χ4n) is 3.31. The summed E-state index contributed by atoms with van der Waals surface area (Å²) >= 11 is 0. The van der Waals surface area contributed by atoms with Crippen molar-refractivity contribution in [2.75, 3.05) is 26.2 Å². The largest absolute Gasteiger partial charge is 0.347 e. The van der Waals surface area contributed by atoms with Gasteiger partial charge in [0.25, 0.3) is 5.91 Å². The van der Waals surface area contributed by atoms with Crippen molar-refractivity contribution < 1.29 is 9.59 Å². The van der Waals surface area contributed by atoms with Crippen molar-refractivity contribution in [3.8, 4) is 0 Å². The number of nitrogens with zero attached hydrogens (tertiary/aromatic N) is 4. The highest BCUT2D eigenvalue weighted by atomic mass is 16.2. The molecule has 0 aromatic carbocycles. The molecule has 0 unspecified atom stereocenters. The number of nitrogens with one attached hydrogen (secondary N) is 1. The van der Waals surface area contributed by atoms with E-state index in [1.807, 2.05) is 25.7 Å². The molecule has 1 N–H and O–H groups in total. The summed E-state index contributed by atoms with van der Waals surface area (Å²) in [5, 5.41) is 3.01. The normalized spacial score (nSPS) is 20.5. The highest BCUT2D eigenvalue weighted by molar-refractivity contribution is 5.92. The lowest BCUT2D eigenvalue weighted by atomic mass is 10.1. The van der Waals surface area contributed by atoms with Crippen molar-refractivity contribution >= 4 is 11.8 Å². The summed E-state index contributed by atoms with van der Waals surface area (Å²) in [6.07, 6.45) is 4.69. The zero-order valence-electron chi connectivity index (χ0n) is 15.7. The summed E-state index contributed by atoms with van der Waals surface area (Å²) in [5.74, 6) is -0.0739. The Morgan fingerprint density at radius 3 is 2.52 bits per heavy atom. The average Bonchev–Trinajstić information content (AvgIpc) is 2.99. The molecule has 1 aromatic rings. The Bertz CT molecular complexity index is 586. The Balaban J connectivity index is 2.04. The molecule has 0 aliphatic carbocycles. The van der Waals surface area contributed by atoms with Gasteiger partial charge in [-0.1, -0.05) is 6.92 Å². The third kappa shape index (κ3) is 4.75. The van der Waals surface area contributed by atoms with Crippen LogP contribution in [0.15, 0.2) is 12.4 Å². The smallest absolute Gasteiger partial charge is 0.271 e. The van der Waals surface area contributed by atoms with Crippen LogP contribution >= 0.6 is 0 Å². The number of aromatic nitrogens is 2. The fourth-order valence-corrected chi connectivity index (χ4v) is 3.31. The van der Waals surface area contributed by atoms with E-state index in [1.165, 1.54) is 6.20 Å². The summed E-state index contributed by atoms with van der Waals surface area (Å²) in [6.45, 7) is 10.9. The molecular weight excluding hydrogens is 318 g/mol. The van der Waals surface area contributed by atoms with E-state index < -0.39 is 0 Å². The van der Waals surface area contributed by atoms with Gasteiger partial charge >= 0.3 is 0 Å². The van der Waals surface area contributed by atoms with E-state index in [1.54, 1.807) is 6.20 Å². The first kappa shape index (κ1) is 19.3. The van der Waals surface area contributed by atoms with Gasteiger partial charge in [0.1, 0.15) is 5.69 Å². The van der Waals surface area contributed by atoms with Crippen LogP contribution in [-0.2, 0) is 4.79 Å². The first-order chi connectivity index (χ1) is 12.0. The molecule has 0 bridgehead atoms. The Kier molecular flexibility index (Phi) is 6.87. The predicted octanol–water partition coefficient (Wildman–Crippen LogP) is 1.24. The van der Waals surface area contributed by atoms with Crippen LogP contribution < -0.4 is 5.32 Å². The third-order valence-corrected chi connectivity index (χ3v) is 4.62. The van der Waals surface area contributed by atoms with E-state index in [0.717, 1.165) is 18.7 Å². The van der Waals surface area contributed by atoms with Crippen molar-refractivity contribution in [2.45, 2.75) is 52.6 Å². The summed E-state index contributed by atoms with van der Waals surface area (Å²) in [5.41, 5.74) is 1.09. The summed E-state index contributed by atoms with van der Waals surface area (Å²) in [6, 6.07) is -0.207. The van der Waals surface area contributed by atoms with Gasteiger partial charge in [-0.05, 0) is 40.2 Å². The Labute approximate surface area is 149 Å². The molecule has 2 atom stereocenters. The minimum absolute atomic E-state index is 0.0494. The summed E-state index contributed by atoms with van der Waals surface area (Å²) < 4.78 is 0. The number of hydrogen-bond donors (Lipinski definition) is 1. The molecule has 1 aliphatic rings. The van der Waals surface area contributed by atoms with Gasteiger partial charge in [-0.3, -0.25) is 19.5 Å². The van der Waals surface area contributed by atoms with Gasteiger partial charge in [0.2, 0.25) is 5.91 Å². The SMILES string of the molecule is CCCN1C[C@H](NC(=O)c2cnc(C)cn2)C[C@H]1C(=O)N(CC)CC. The second kappa shape index (κ2) is 8.89. The van der Waals surface area contributed by atoms with E-state index in [2.05, 4.69) is 27.1 Å². The lowest BCUT2D eigenvalue weighted by Crippen LogP contribution is -2.45. The van der Waals surface area contributed by atoms with E-state index in [-0.39, 0.29) is 23.9 Å². The topological polar surface area (TPSA) is 78.4 Å². The molecule has 7 heteroatoms. The molecule has 2 heterocycles. The highest BCUT2D eigenvalue weighted by Gasteiger charge is 2.38. The van der Waals surface area contributed by atoms with Crippen LogP contribution in [0.2, 0.25) is 0 Å². The van der Waals surface area contributed by atoms with Crippen LogP contribution in [0.25, 0.3) is 0 Å². The second-order valence-corrected chi connectivity index (χ2v) is 6.47. The number of carbonyl (C=O) groups is 2. The average molecular weight is 347 g/mol. The predicted molar refractivity (Wildman–Crippen MR) is 96.2 cm³/mol. The van der Waals surface area contributed by atoms with Crippen molar-refractivity contribution in [1.82, 2.24) is 25.1 Å². The minimum Gasteiger partial charge on any atom is -0.347 e. The standard InChI is InChI=1S/C18H29N5O2/c1-5-8-23-12-14(9-16(23)18(25)22(6-2)7-3)21-17(24)15-11-19-13(4)10-20-15/h10-11,14,16H,5-9,12H2,1-4H3,(H,21,24)/t14-,16+/m1/s1. The maximum absolute atomic E-state index is 12.8. The van der Waals surface area contributed by atoms with Crippen LogP contribution in [0.1, 0.15) is 49.8 Å². The number of rotatable bonds is 7. The molecule has 25 heavy (non-hydrogen) atoms. The van der Waals surface area contributed by atoms with Crippen molar-refractivity contribution in [3.63, 3.8) is 0 Å². The molecule has 1 aromatic heterocycles. The first-order valence-electron chi connectivity index (χ1n) is 9.12. The minimum atomic E-state index is -0.232. The Morgan fingerprint density at radius 2 is 1.96 bits per heavy atom. The Hall–Kier alpha value is -2.02. The lowest BCUT2D eigenvalue weighted by Gasteiger charge is -2.28. The summed E-state index contributed by atoms with van der Waals surface area (Å²) in [4.78, 5) is 37.4. The molecule has 2 rings (SSSR count). The van der Waals surface area contributed by atoms with Crippen LogP contribution in [0.5, 0.6) is 0 Å². The van der Waals surface area contributed by atoms with Crippen molar-refractivity contribution in [2.24, 2.45) is 0 Å². The number of aryl methyl sites for hydroxylation is 1. The molecule has 0 radical (unpaired) electrons. The van der Waals surface area contributed by atoms with Crippen LogP contribution in [0, 0.1) is 6.92 Å². The maximum atomic E-state index is 12.8. The van der Waals surface area contributed by atoms with Gasteiger partial charge in [-0.25, -0.2) is 4.98 Å². The fraction of sp³-hybridized carbons (Fsp3) is 0.667. The maximum Gasteiger partial charge on any atom is 0.271 e. The number of likely N-dealkylation sites (tertiary alicyclic amines) is 1. The molecular formula is C18H29N5O2. The molecule has 2 amide bonds. The van der Waals surface area contributed by atoms with Gasteiger partial charge < -0.3 is 10.2 Å². The third-order valence-electron chi connectivity index (χ3n) is 4.62. The number of likely N-dealkylation sites (N-methyl/N-ethyl adjacent to an activating group) is 1. The Morgan fingerprint density at radius 1 is 1.24 bits per heavy atom.